The number of ether oxygens (including phenoxy) is 1. The van der Waals surface area contributed by atoms with Gasteiger partial charge in [-0.1, -0.05) is 0 Å². The standard InChI is InChI=1S/C14H11BrN2O3/c1-9(18)17-11-6-4-10(5-7-11)14(19)20-12-3-2-8-16-13(12)15/h2-8H,1H3,(H,17,18). The van der Waals surface area contributed by atoms with Crippen LogP contribution >= 0.6 is 15.9 Å². The molecule has 0 unspecified atom stereocenters. The first-order valence-corrected chi connectivity index (χ1v) is 6.56. The van der Waals surface area contributed by atoms with Gasteiger partial charge in [-0.05, 0) is 52.3 Å². The van der Waals surface area contributed by atoms with Gasteiger partial charge in [-0.15, -0.1) is 0 Å². The molecule has 0 fully saturated rings. The van der Waals surface area contributed by atoms with Crippen LogP contribution in [0.3, 0.4) is 0 Å². The summed E-state index contributed by atoms with van der Waals surface area (Å²) < 4.78 is 5.68. The number of amides is 1. The molecule has 0 saturated carbocycles. The molecular weight excluding hydrogens is 324 g/mol. The summed E-state index contributed by atoms with van der Waals surface area (Å²) in [5.41, 5.74) is 1.01. The number of pyridine rings is 1. The highest BCUT2D eigenvalue weighted by Crippen LogP contribution is 2.22. The predicted molar refractivity (Wildman–Crippen MR) is 77.6 cm³/mol. The lowest BCUT2D eigenvalue weighted by Gasteiger charge is -2.06. The molecule has 0 aliphatic carbocycles. The van der Waals surface area contributed by atoms with E-state index >= 15 is 0 Å². The normalized spacial score (nSPS) is 9.90. The third-order valence-electron chi connectivity index (χ3n) is 2.37. The van der Waals surface area contributed by atoms with Crippen LogP contribution in [0.4, 0.5) is 5.69 Å². The second-order valence-electron chi connectivity index (χ2n) is 3.94. The Labute approximate surface area is 124 Å². The molecule has 0 saturated heterocycles. The van der Waals surface area contributed by atoms with Crippen LogP contribution in [0.25, 0.3) is 0 Å². The molecule has 0 atom stereocenters. The molecule has 2 aromatic rings. The molecule has 1 aromatic carbocycles. The number of benzene rings is 1. The monoisotopic (exact) mass is 334 g/mol. The third kappa shape index (κ3) is 3.64. The number of anilines is 1. The Balaban J connectivity index is 2.10. The Bertz CT molecular complexity index is 641. The average molecular weight is 335 g/mol. The maximum Gasteiger partial charge on any atom is 0.343 e. The number of carbonyl (C=O) groups is 2. The van der Waals surface area contributed by atoms with E-state index in [1.165, 1.54) is 6.92 Å². The zero-order valence-corrected chi connectivity index (χ0v) is 12.2. The number of nitrogens with one attached hydrogen (secondary N) is 1. The topological polar surface area (TPSA) is 68.3 Å². The fraction of sp³-hybridized carbons (Fsp3) is 0.0714. The van der Waals surface area contributed by atoms with Crippen molar-refractivity contribution in [2.75, 3.05) is 5.32 Å². The van der Waals surface area contributed by atoms with Gasteiger partial charge in [0.1, 0.15) is 4.60 Å². The van der Waals surface area contributed by atoms with Crippen molar-refractivity contribution in [3.8, 4) is 5.75 Å². The molecule has 0 aliphatic rings. The molecule has 1 aromatic heterocycles. The van der Waals surface area contributed by atoms with Gasteiger partial charge < -0.3 is 10.1 Å². The SMILES string of the molecule is CC(=O)Nc1ccc(C(=O)Oc2cccnc2Br)cc1. The quantitative estimate of drug-likeness (QED) is 0.692. The Morgan fingerprint density at radius 2 is 1.90 bits per heavy atom. The van der Waals surface area contributed by atoms with Gasteiger partial charge in [-0.3, -0.25) is 4.79 Å². The molecule has 0 radical (unpaired) electrons. The van der Waals surface area contributed by atoms with E-state index in [1.54, 1.807) is 42.6 Å². The van der Waals surface area contributed by atoms with Crippen LogP contribution in [0.5, 0.6) is 5.75 Å². The number of aromatic nitrogens is 1. The van der Waals surface area contributed by atoms with Gasteiger partial charge in [-0.2, -0.15) is 0 Å². The molecule has 0 aliphatic heterocycles. The fourth-order valence-electron chi connectivity index (χ4n) is 1.50. The maximum absolute atomic E-state index is 11.9. The van der Waals surface area contributed by atoms with Gasteiger partial charge in [-0.25, -0.2) is 9.78 Å². The highest BCUT2D eigenvalue weighted by molar-refractivity contribution is 9.10. The van der Waals surface area contributed by atoms with Crippen molar-refractivity contribution >= 4 is 33.5 Å². The van der Waals surface area contributed by atoms with Crippen LogP contribution in [0.2, 0.25) is 0 Å². The van der Waals surface area contributed by atoms with Gasteiger partial charge in [0.05, 0.1) is 5.56 Å². The molecule has 6 heteroatoms. The van der Waals surface area contributed by atoms with Gasteiger partial charge in [0.15, 0.2) is 5.75 Å². The van der Waals surface area contributed by atoms with Crippen LogP contribution < -0.4 is 10.1 Å². The minimum absolute atomic E-state index is 0.167. The van der Waals surface area contributed by atoms with Crippen molar-refractivity contribution in [3.63, 3.8) is 0 Å². The average Bonchev–Trinajstić information content (AvgIpc) is 2.41. The van der Waals surface area contributed by atoms with E-state index in [1.807, 2.05) is 0 Å². The first-order chi connectivity index (χ1) is 9.56. The number of esters is 1. The number of halogens is 1. The molecule has 0 spiro atoms. The summed E-state index contributed by atoms with van der Waals surface area (Å²) in [6.45, 7) is 1.42. The molecule has 2 rings (SSSR count). The van der Waals surface area contributed by atoms with Crippen molar-refractivity contribution in [2.24, 2.45) is 0 Å². The zero-order valence-electron chi connectivity index (χ0n) is 10.6. The summed E-state index contributed by atoms with van der Waals surface area (Å²) in [4.78, 5) is 26.8. The first kappa shape index (κ1) is 14.2. The first-order valence-electron chi connectivity index (χ1n) is 5.76. The zero-order chi connectivity index (χ0) is 14.5. The molecule has 0 bridgehead atoms. The lowest BCUT2D eigenvalue weighted by molar-refractivity contribution is -0.114. The van der Waals surface area contributed by atoms with E-state index in [9.17, 15) is 9.59 Å². The number of nitrogens with zero attached hydrogens (tertiary/aromatic N) is 1. The van der Waals surface area contributed by atoms with Crippen molar-refractivity contribution in [1.29, 1.82) is 0 Å². The van der Waals surface area contributed by atoms with E-state index in [0.717, 1.165) is 0 Å². The molecule has 1 amide bonds. The third-order valence-corrected chi connectivity index (χ3v) is 2.96. The minimum atomic E-state index is -0.493. The summed E-state index contributed by atoms with van der Waals surface area (Å²) in [5.74, 6) is -0.309. The Hall–Kier alpha value is -2.21. The summed E-state index contributed by atoms with van der Waals surface area (Å²) in [5, 5.41) is 2.62. The lowest BCUT2D eigenvalue weighted by atomic mass is 10.2. The summed E-state index contributed by atoms with van der Waals surface area (Å²) in [6, 6.07) is 9.75. The highest BCUT2D eigenvalue weighted by atomic mass is 79.9. The smallest absolute Gasteiger partial charge is 0.343 e. The number of hydrogen-bond donors (Lipinski definition) is 1. The lowest BCUT2D eigenvalue weighted by Crippen LogP contribution is -2.10. The van der Waals surface area contributed by atoms with E-state index in [0.29, 0.717) is 21.6 Å². The van der Waals surface area contributed by atoms with E-state index in [2.05, 4.69) is 26.2 Å². The van der Waals surface area contributed by atoms with E-state index in [4.69, 9.17) is 4.74 Å². The van der Waals surface area contributed by atoms with Gasteiger partial charge in [0.25, 0.3) is 0 Å². The Kier molecular flexibility index (Phi) is 4.47. The van der Waals surface area contributed by atoms with Gasteiger partial charge in [0, 0.05) is 18.8 Å². The molecule has 1 heterocycles. The van der Waals surface area contributed by atoms with Crippen molar-refractivity contribution in [1.82, 2.24) is 4.98 Å². The van der Waals surface area contributed by atoms with Crippen LogP contribution in [-0.2, 0) is 4.79 Å². The predicted octanol–water partition coefficient (Wildman–Crippen LogP) is 3.02. The van der Waals surface area contributed by atoms with Gasteiger partial charge >= 0.3 is 5.97 Å². The van der Waals surface area contributed by atoms with Crippen LogP contribution in [0.15, 0.2) is 47.2 Å². The summed E-state index contributed by atoms with van der Waals surface area (Å²) in [7, 11) is 0. The van der Waals surface area contributed by atoms with E-state index in [-0.39, 0.29) is 5.91 Å². The summed E-state index contributed by atoms with van der Waals surface area (Å²) >= 11 is 3.20. The number of carbonyl (C=O) groups excluding carboxylic acids is 2. The Morgan fingerprint density at radius 3 is 2.50 bits per heavy atom. The molecule has 5 nitrogen and oxygen atoms in total. The van der Waals surface area contributed by atoms with E-state index < -0.39 is 5.97 Å². The van der Waals surface area contributed by atoms with Crippen molar-refractivity contribution < 1.29 is 14.3 Å². The van der Waals surface area contributed by atoms with Gasteiger partial charge in [0.2, 0.25) is 5.91 Å². The van der Waals surface area contributed by atoms with Crippen molar-refractivity contribution in [2.45, 2.75) is 6.92 Å². The molecular formula is C14H11BrN2O3. The fourth-order valence-corrected chi connectivity index (χ4v) is 1.83. The highest BCUT2D eigenvalue weighted by Gasteiger charge is 2.11. The molecule has 1 N–H and O–H groups in total. The second-order valence-corrected chi connectivity index (χ2v) is 4.69. The van der Waals surface area contributed by atoms with Crippen molar-refractivity contribution in [3.05, 3.63) is 52.8 Å². The maximum atomic E-state index is 11.9. The van der Waals surface area contributed by atoms with Crippen LogP contribution in [0.1, 0.15) is 17.3 Å². The molecule has 102 valence electrons. The van der Waals surface area contributed by atoms with Crippen LogP contribution in [0, 0.1) is 0 Å². The number of rotatable bonds is 3. The largest absolute Gasteiger partial charge is 0.420 e. The Morgan fingerprint density at radius 1 is 1.20 bits per heavy atom. The number of hydrogen-bond acceptors (Lipinski definition) is 4. The second kappa shape index (κ2) is 6.29. The molecule has 20 heavy (non-hydrogen) atoms. The minimum Gasteiger partial charge on any atom is -0.420 e. The van der Waals surface area contributed by atoms with Crippen LogP contribution in [-0.4, -0.2) is 16.9 Å². The summed E-state index contributed by atoms with van der Waals surface area (Å²) in [6.07, 6.45) is 1.59.